The second kappa shape index (κ2) is 13.9. The number of anilines is 2. The number of esters is 1. The van der Waals surface area contributed by atoms with E-state index in [0.717, 1.165) is 17.3 Å². The molecule has 0 radical (unpaired) electrons. The molecule has 0 bridgehead atoms. The van der Waals surface area contributed by atoms with Gasteiger partial charge in [-0.15, -0.1) is 0 Å². The van der Waals surface area contributed by atoms with Crippen molar-refractivity contribution in [2.75, 3.05) is 30.4 Å². The van der Waals surface area contributed by atoms with E-state index in [4.69, 9.17) is 26.4 Å². The summed E-state index contributed by atoms with van der Waals surface area (Å²) in [5, 5.41) is 10.8. The first kappa shape index (κ1) is 29.7. The van der Waals surface area contributed by atoms with E-state index in [2.05, 4.69) is 10.3 Å². The highest BCUT2D eigenvalue weighted by Crippen LogP contribution is 2.28. The number of pyridine rings is 1. The van der Waals surface area contributed by atoms with Crippen LogP contribution in [0.25, 0.3) is 0 Å². The van der Waals surface area contributed by atoms with Crippen LogP contribution >= 0.6 is 0 Å². The Bertz CT molecular complexity index is 1550. The van der Waals surface area contributed by atoms with E-state index < -0.39 is 17.8 Å². The zero-order chi connectivity index (χ0) is 30.1. The van der Waals surface area contributed by atoms with E-state index in [1.54, 1.807) is 54.7 Å². The average Bonchev–Trinajstić information content (AvgIpc) is 3.00. The number of rotatable bonds is 12. The SMILES string of the molecule is COc1ccc(F)cc1OC(=O)CCN(C(=O)c1cccc(C(N)CNc2ccc(C(=N)N)cc2)c1)c1ccccn1. The van der Waals surface area contributed by atoms with Crippen molar-refractivity contribution in [3.63, 3.8) is 0 Å². The predicted octanol–water partition coefficient (Wildman–Crippen LogP) is 4.27. The third kappa shape index (κ3) is 7.67. The molecule has 0 fully saturated rings. The lowest BCUT2D eigenvalue weighted by Gasteiger charge is -2.22. The van der Waals surface area contributed by atoms with Gasteiger partial charge in [0.25, 0.3) is 5.91 Å². The van der Waals surface area contributed by atoms with Gasteiger partial charge in [0.15, 0.2) is 11.5 Å². The number of hydrogen-bond acceptors (Lipinski definition) is 8. The summed E-state index contributed by atoms with van der Waals surface area (Å²) in [7, 11) is 1.38. The van der Waals surface area contributed by atoms with Crippen LogP contribution in [0.15, 0.2) is 91.1 Å². The number of methoxy groups -OCH3 is 1. The van der Waals surface area contributed by atoms with E-state index in [-0.39, 0.29) is 36.2 Å². The molecule has 1 atom stereocenters. The number of hydrogen-bond donors (Lipinski definition) is 4. The molecular weight excluding hydrogens is 539 g/mol. The van der Waals surface area contributed by atoms with Crippen LogP contribution in [0.2, 0.25) is 0 Å². The normalized spacial score (nSPS) is 11.3. The zero-order valence-corrected chi connectivity index (χ0v) is 22.9. The van der Waals surface area contributed by atoms with Crippen molar-refractivity contribution in [2.24, 2.45) is 11.5 Å². The lowest BCUT2D eigenvalue weighted by molar-refractivity contribution is -0.134. The fourth-order valence-electron chi connectivity index (χ4n) is 4.11. The number of benzene rings is 3. The number of aromatic nitrogens is 1. The van der Waals surface area contributed by atoms with Gasteiger partial charge in [-0.05, 0) is 66.2 Å². The first-order chi connectivity index (χ1) is 20.2. The second-order valence-corrected chi connectivity index (χ2v) is 9.27. The Balaban J connectivity index is 1.46. The molecule has 0 aliphatic carbocycles. The molecule has 0 saturated heterocycles. The Labute approximate surface area is 242 Å². The van der Waals surface area contributed by atoms with Crippen molar-refractivity contribution in [2.45, 2.75) is 12.5 Å². The van der Waals surface area contributed by atoms with Gasteiger partial charge in [-0.2, -0.15) is 0 Å². The van der Waals surface area contributed by atoms with Crippen LogP contribution in [-0.2, 0) is 4.79 Å². The number of amides is 1. The Morgan fingerprint density at radius 1 is 1.00 bits per heavy atom. The molecule has 3 aromatic carbocycles. The smallest absolute Gasteiger partial charge is 0.313 e. The van der Waals surface area contributed by atoms with Crippen LogP contribution in [0.5, 0.6) is 11.5 Å². The van der Waals surface area contributed by atoms with Crippen molar-refractivity contribution in [1.29, 1.82) is 5.41 Å². The molecule has 216 valence electrons. The lowest BCUT2D eigenvalue weighted by atomic mass is 10.0. The number of nitrogens with one attached hydrogen (secondary N) is 2. The highest BCUT2D eigenvalue weighted by Gasteiger charge is 2.22. The summed E-state index contributed by atoms with van der Waals surface area (Å²) in [5.74, 6) is -1.14. The molecule has 4 rings (SSSR count). The first-order valence-electron chi connectivity index (χ1n) is 13.1. The largest absolute Gasteiger partial charge is 0.493 e. The number of carbonyl (C=O) groups is 2. The van der Waals surface area contributed by atoms with Crippen LogP contribution in [0.3, 0.4) is 0 Å². The van der Waals surface area contributed by atoms with Crippen LogP contribution in [0, 0.1) is 11.2 Å². The van der Waals surface area contributed by atoms with E-state index in [9.17, 15) is 14.0 Å². The quantitative estimate of drug-likeness (QED) is 0.0852. The summed E-state index contributed by atoms with van der Waals surface area (Å²) in [5.41, 5.74) is 14.5. The zero-order valence-electron chi connectivity index (χ0n) is 22.9. The minimum absolute atomic E-state index is 0.0109. The van der Waals surface area contributed by atoms with Gasteiger partial charge in [0, 0.05) is 48.2 Å². The van der Waals surface area contributed by atoms with Gasteiger partial charge in [0.1, 0.15) is 17.5 Å². The minimum atomic E-state index is -0.675. The number of halogens is 1. The fraction of sp³-hybridized carbons (Fsp3) is 0.161. The Morgan fingerprint density at radius 3 is 2.48 bits per heavy atom. The van der Waals surface area contributed by atoms with E-state index in [0.29, 0.717) is 23.5 Å². The van der Waals surface area contributed by atoms with Crippen LogP contribution in [-0.4, -0.2) is 42.9 Å². The third-order valence-corrected chi connectivity index (χ3v) is 6.34. The summed E-state index contributed by atoms with van der Waals surface area (Å²) in [6, 6.07) is 22.3. The molecule has 11 heteroatoms. The number of ether oxygens (including phenoxy) is 2. The molecule has 1 amide bonds. The van der Waals surface area contributed by atoms with Gasteiger partial charge < -0.3 is 26.3 Å². The lowest BCUT2D eigenvalue weighted by Crippen LogP contribution is -2.34. The Morgan fingerprint density at radius 2 is 1.79 bits per heavy atom. The van der Waals surface area contributed by atoms with Crippen molar-refractivity contribution in [1.82, 2.24) is 4.98 Å². The molecule has 0 spiro atoms. The number of nitrogens with two attached hydrogens (primary N) is 2. The third-order valence-electron chi connectivity index (χ3n) is 6.34. The Hall–Kier alpha value is -5.29. The number of nitrogen functional groups attached to an aromatic ring is 1. The van der Waals surface area contributed by atoms with E-state index >= 15 is 0 Å². The highest BCUT2D eigenvalue weighted by molar-refractivity contribution is 6.06. The van der Waals surface area contributed by atoms with Crippen LogP contribution in [0.1, 0.15) is 33.9 Å². The first-order valence-corrected chi connectivity index (χ1v) is 13.1. The van der Waals surface area contributed by atoms with Gasteiger partial charge in [-0.1, -0.05) is 18.2 Å². The molecule has 42 heavy (non-hydrogen) atoms. The molecule has 4 aromatic rings. The van der Waals surface area contributed by atoms with Crippen LogP contribution in [0.4, 0.5) is 15.9 Å². The van der Waals surface area contributed by atoms with Crippen molar-refractivity contribution < 1.29 is 23.5 Å². The predicted molar refractivity (Wildman–Crippen MR) is 158 cm³/mol. The topological polar surface area (TPSA) is 157 Å². The molecule has 1 heterocycles. The molecule has 0 aliphatic heterocycles. The maximum Gasteiger partial charge on any atom is 0.313 e. The highest BCUT2D eigenvalue weighted by atomic mass is 19.1. The monoisotopic (exact) mass is 570 g/mol. The summed E-state index contributed by atoms with van der Waals surface area (Å²) in [6.45, 7) is 0.344. The van der Waals surface area contributed by atoms with Gasteiger partial charge in [-0.25, -0.2) is 9.37 Å². The standard InChI is InChI=1S/C31H31FN6O4/c1-41-26-13-10-23(32)18-27(26)42-29(39)14-16-38(28-7-2-3-15-36-28)31(40)22-6-4-5-21(17-22)25(33)19-37-24-11-8-20(9-12-24)30(34)35/h2-13,15,17-18,25,37H,14,16,19,33H2,1H3,(H3,34,35). The van der Waals surface area contributed by atoms with Gasteiger partial charge in [0.2, 0.25) is 0 Å². The van der Waals surface area contributed by atoms with Crippen molar-refractivity contribution in [3.05, 3.63) is 114 Å². The Kier molecular flexibility index (Phi) is 9.80. The summed E-state index contributed by atoms with van der Waals surface area (Å²) in [6.07, 6.45) is 1.36. The average molecular weight is 571 g/mol. The summed E-state index contributed by atoms with van der Waals surface area (Å²) >= 11 is 0. The van der Waals surface area contributed by atoms with Gasteiger partial charge in [0.05, 0.1) is 13.5 Å². The maximum absolute atomic E-state index is 13.7. The number of amidine groups is 1. The van der Waals surface area contributed by atoms with Gasteiger partial charge >= 0.3 is 5.97 Å². The van der Waals surface area contributed by atoms with E-state index in [1.165, 1.54) is 24.1 Å². The van der Waals surface area contributed by atoms with Crippen molar-refractivity contribution in [3.8, 4) is 11.5 Å². The second-order valence-electron chi connectivity index (χ2n) is 9.27. The van der Waals surface area contributed by atoms with Gasteiger partial charge in [-0.3, -0.25) is 19.9 Å². The molecule has 1 aromatic heterocycles. The molecule has 6 N–H and O–H groups in total. The maximum atomic E-state index is 13.7. The number of carbonyl (C=O) groups excluding carboxylic acids is 2. The fourth-order valence-corrected chi connectivity index (χ4v) is 4.11. The van der Waals surface area contributed by atoms with Crippen LogP contribution < -0.4 is 31.2 Å². The van der Waals surface area contributed by atoms with Crippen molar-refractivity contribution >= 4 is 29.2 Å². The molecule has 1 unspecified atom stereocenters. The minimum Gasteiger partial charge on any atom is -0.493 e. The molecule has 0 saturated carbocycles. The molecular formula is C31H31FN6O4. The van der Waals surface area contributed by atoms with E-state index in [1.807, 2.05) is 18.2 Å². The summed E-state index contributed by atoms with van der Waals surface area (Å²) in [4.78, 5) is 32.0. The number of nitrogens with zero attached hydrogens (tertiary/aromatic N) is 2. The molecule has 10 nitrogen and oxygen atoms in total. The summed E-state index contributed by atoms with van der Waals surface area (Å²) < 4.78 is 24.1. The molecule has 0 aliphatic rings.